The minimum absolute atomic E-state index is 0.0530. The smallest absolute Gasteiger partial charge is 0.416 e. The number of nitriles is 1. The number of alkyl halides is 3. The van der Waals surface area contributed by atoms with E-state index in [2.05, 4.69) is 55.2 Å². The summed E-state index contributed by atoms with van der Waals surface area (Å²) in [5.74, 6) is 0.747. The van der Waals surface area contributed by atoms with Crippen LogP contribution in [0, 0.1) is 21.4 Å². The monoisotopic (exact) mass is 1850 g/mol. The molecule has 4 N–H and O–H groups in total. The van der Waals surface area contributed by atoms with Gasteiger partial charge in [-0.15, -0.1) is 0 Å². The SMILES string of the molecule is CS(=O)(=O)Nc1ccc(C2=NN(C(=O)c3ccc(Br)cc3)C(c3ccco3)C2)cc1.CS(=O)(=O)Nc1ccc(C2=NN(C(=O)c3ccc(C#N)cc3)C(c3ccco3)C2)cc1.CS(=O)(=O)Nc1ccc(C2=NN(C(=O)c3ccc(C(F)(F)F)cc3)C(c3ccco3)C2)cc1.CS(=O)(=O)Nc1ccc(C2=NN(C(=O)c3ccc([N+](=O)[O-])cc3)C(c3ccco3)C2)cc1. The zero-order valence-electron chi connectivity index (χ0n) is 66.5. The number of anilines is 4. The van der Waals surface area contributed by atoms with E-state index in [1.165, 1.54) is 56.8 Å². The molecule has 4 amide bonds. The molecule has 32 nitrogen and oxygen atoms in total. The number of hydrogen-bond acceptors (Lipinski definition) is 23. The Morgan fingerprint density at radius 1 is 0.397 bits per heavy atom. The van der Waals surface area contributed by atoms with Gasteiger partial charge in [-0.3, -0.25) is 48.2 Å². The molecule has 4 aliphatic heterocycles. The second-order valence-electron chi connectivity index (χ2n) is 28.6. The third-order valence-electron chi connectivity index (χ3n) is 19.2. The molecular weight excluding hydrogens is 1780 g/mol. The van der Waals surface area contributed by atoms with Crippen LogP contribution >= 0.6 is 15.9 Å². The van der Waals surface area contributed by atoms with Gasteiger partial charge in [0.25, 0.3) is 29.3 Å². The maximum absolute atomic E-state index is 13.2. The number of nitro groups is 1. The first kappa shape index (κ1) is 89.4. The summed E-state index contributed by atoms with van der Waals surface area (Å²) in [5, 5.41) is 43.3. The molecule has 0 aliphatic carbocycles. The minimum atomic E-state index is -4.50. The summed E-state index contributed by atoms with van der Waals surface area (Å²) >= 11 is 3.38. The predicted octanol–water partition coefficient (Wildman–Crippen LogP) is 16.1. The van der Waals surface area contributed by atoms with E-state index in [-0.39, 0.29) is 34.7 Å². The maximum Gasteiger partial charge on any atom is 0.416 e. The van der Waals surface area contributed by atoms with Crippen LogP contribution in [-0.4, -0.2) is 130 Å². The van der Waals surface area contributed by atoms with Crippen molar-refractivity contribution < 1.29 is 88.6 Å². The number of nitrogens with zero attached hydrogens (tertiary/aromatic N) is 10. The molecule has 40 heteroatoms. The first-order chi connectivity index (χ1) is 59.9. The fraction of sp³-hybridized carbons (Fsp3) is 0.151. The summed E-state index contributed by atoms with van der Waals surface area (Å²) in [7, 11) is -13.5. The summed E-state index contributed by atoms with van der Waals surface area (Å²) in [6, 6.07) is 63.7. The van der Waals surface area contributed by atoms with Gasteiger partial charge in [-0.2, -0.15) is 38.8 Å². The van der Waals surface area contributed by atoms with Crippen LogP contribution in [0.25, 0.3) is 0 Å². The van der Waals surface area contributed by atoms with Gasteiger partial charge in [0.1, 0.15) is 47.2 Å². The van der Waals surface area contributed by atoms with E-state index < -0.39 is 86.7 Å². The first-order valence-electron chi connectivity index (χ1n) is 37.6. The zero-order chi connectivity index (χ0) is 90.0. The molecule has 0 bridgehead atoms. The second-order valence-corrected chi connectivity index (χ2v) is 36.5. The quantitative estimate of drug-likeness (QED) is 0.0383. The highest BCUT2D eigenvalue weighted by Gasteiger charge is 2.41. The van der Waals surface area contributed by atoms with Crippen LogP contribution < -0.4 is 18.9 Å². The number of furan rings is 4. The number of halogens is 4. The van der Waals surface area contributed by atoms with Crippen LogP contribution in [0.4, 0.5) is 41.6 Å². The van der Waals surface area contributed by atoms with Crippen molar-refractivity contribution in [1.82, 2.24) is 20.0 Å². The van der Waals surface area contributed by atoms with Crippen LogP contribution in [0.1, 0.15) is 148 Å². The van der Waals surface area contributed by atoms with E-state index in [1.54, 1.807) is 188 Å². The average molecular weight is 1850 g/mol. The predicted molar refractivity (Wildman–Crippen MR) is 465 cm³/mol. The number of carbonyl (C=O) groups is 4. The van der Waals surface area contributed by atoms with E-state index >= 15 is 0 Å². The van der Waals surface area contributed by atoms with Gasteiger partial charge in [0.2, 0.25) is 40.1 Å². The van der Waals surface area contributed by atoms with Crippen LogP contribution in [0.3, 0.4) is 0 Å². The summed E-state index contributed by atoms with van der Waals surface area (Å²) in [6.07, 6.45) is 7.47. The zero-order valence-corrected chi connectivity index (χ0v) is 71.4. The number of hydrogen-bond donors (Lipinski definition) is 4. The molecule has 126 heavy (non-hydrogen) atoms. The molecule has 4 unspecified atom stereocenters. The Labute approximate surface area is 727 Å². The van der Waals surface area contributed by atoms with Gasteiger partial charge in [0.15, 0.2) is 0 Å². The standard InChI is InChI=1S/C22H18F3N3O4S.C22H18N4O4S.C21H18BrN3O4S.C21H18N4O6S/c1-33(30,31)27-17-10-6-14(7-11-17)18-13-19(20-3-2-12-32-20)28(26-18)21(29)15-4-8-16(9-5-15)22(23,24)25;1-31(28,29)25-18-10-8-16(9-11-18)19-13-20(21-3-2-12-30-21)26(24-19)22(27)17-6-4-15(14-23)5-7-17;1-30(27,28)24-17-10-6-14(7-11-17)18-13-19(20-3-2-12-29-20)25(23-18)21(26)15-4-8-16(22)9-5-15;1-32(29,30)23-16-8-4-14(5-9-16)18-13-19(20-3-2-12-31-20)24(22-18)21(26)15-6-10-17(11-7-15)25(27)28/h2-12,19,27H,13H2,1H3;2-12,20,25H,13H2,1H3;2-12,19,24H,13H2,1H3;2-12,19,23H,13H2,1H3. The molecular formula is C86H72BrF3N14O18S4. The van der Waals surface area contributed by atoms with E-state index in [9.17, 15) is 76.1 Å². The number of nitrogens with one attached hydrogen (secondary N) is 4. The van der Waals surface area contributed by atoms with Crippen molar-refractivity contribution in [1.29, 1.82) is 5.26 Å². The van der Waals surface area contributed by atoms with Crippen molar-refractivity contribution in [3.05, 3.63) is 361 Å². The number of sulfonamides is 4. The van der Waals surface area contributed by atoms with Crippen LogP contribution in [-0.2, 0) is 46.3 Å². The molecule has 0 fully saturated rings. The Kier molecular flexibility index (Phi) is 26.8. The van der Waals surface area contributed by atoms with Crippen molar-refractivity contribution in [2.75, 3.05) is 43.9 Å². The van der Waals surface area contributed by atoms with Gasteiger partial charge >= 0.3 is 6.18 Å². The Balaban J connectivity index is 0.000000144. The normalized spacial score (nSPS) is 16.2. The van der Waals surface area contributed by atoms with Crippen molar-refractivity contribution in [2.45, 2.75) is 56.0 Å². The molecule has 8 heterocycles. The maximum atomic E-state index is 13.2. The average Bonchev–Trinajstić information content (AvgIpc) is 1.66. The molecule has 0 spiro atoms. The molecule has 0 saturated carbocycles. The lowest BCUT2D eigenvalue weighted by atomic mass is 10.0. The summed E-state index contributed by atoms with van der Waals surface area (Å²) < 4.78 is 162. The number of benzene rings is 8. The van der Waals surface area contributed by atoms with E-state index in [4.69, 9.17) is 22.9 Å². The number of carbonyl (C=O) groups excluding carboxylic acids is 4. The highest BCUT2D eigenvalue weighted by atomic mass is 79.9. The van der Waals surface area contributed by atoms with Crippen LogP contribution in [0.5, 0.6) is 0 Å². The largest absolute Gasteiger partial charge is 0.467 e. The Hall–Kier alpha value is -14.4. The lowest BCUT2D eigenvalue weighted by Crippen LogP contribution is -2.27. The van der Waals surface area contributed by atoms with E-state index in [1.807, 2.05) is 24.3 Å². The minimum Gasteiger partial charge on any atom is -0.467 e. The summed E-state index contributed by atoms with van der Waals surface area (Å²) in [6.45, 7) is 0. The molecule has 16 rings (SSSR count). The molecule has 12 aromatic rings. The fourth-order valence-electron chi connectivity index (χ4n) is 13.4. The van der Waals surface area contributed by atoms with Gasteiger partial charge in [0, 0.05) is 87.3 Å². The third-order valence-corrected chi connectivity index (χ3v) is 22.1. The van der Waals surface area contributed by atoms with Gasteiger partial charge in [0.05, 0.1) is 95.0 Å². The fourth-order valence-corrected chi connectivity index (χ4v) is 15.9. The first-order valence-corrected chi connectivity index (χ1v) is 46.0. The van der Waals surface area contributed by atoms with Crippen molar-refractivity contribution >= 4 is 131 Å². The molecule has 0 saturated heterocycles. The third kappa shape index (κ3) is 22.9. The summed E-state index contributed by atoms with van der Waals surface area (Å²) in [4.78, 5) is 62.9. The number of rotatable bonds is 21. The highest BCUT2D eigenvalue weighted by molar-refractivity contribution is 9.10. The summed E-state index contributed by atoms with van der Waals surface area (Å²) in [5.41, 5.74) is 7.94. The number of hydrazone groups is 4. The van der Waals surface area contributed by atoms with Crippen molar-refractivity contribution in [2.24, 2.45) is 20.4 Å². The van der Waals surface area contributed by atoms with Gasteiger partial charge in [-0.25, -0.2) is 53.7 Å². The molecule has 4 aliphatic rings. The van der Waals surface area contributed by atoms with Crippen LogP contribution in [0.2, 0.25) is 0 Å². The lowest BCUT2D eigenvalue weighted by molar-refractivity contribution is -0.384. The Morgan fingerprint density at radius 3 is 0.849 bits per heavy atom. The number of non-ortho nitro benzene ring substituents is 1. The van der Waals surface area contributed by atoms with Gasteiger partial charge < -0.3 is 17.7 Å². The molecule has 4 atom stereocenters. The Morgan fingerprint density at radius 2 is 0.635 bits per heavy atom. The van der Waals surface area contributed by atoms with E-state index in [0.29, 0.717) is 117 Å². The second kappa shape index (κ2) is 37.7. The molecule has 646 valence electrons. The molecule has 8 aromatic carbocycles. The van der Waals surface area contributed by atoms with Crippen molar-refractivity contribution in [3.8, 4) is 6.07 Å². The van der Waals surface area contributed by atoms with Gasteiger partial charge in [-0.05, 0) is 204 Å². The lowest BCUT2D eigenvalue weighted by Gasteiger charge is -2.20. The topological polar surface area (TPSA) is 435 Å². The highest BCUT2D eigenvalue weighted by Crippen LogP contribution is 2.41. The van der Waals surface area contributed by atoms with E-state index in [0.717, 1.165) is 70.5 Å². The van der Waals surface area contributed by atoms with Gasteiger partial charge in [-0.1, -0.05) is 64.5 Å². The molecule has 0 radical (unpaired) electrons. The number of amides is 4. The molecule has 4 aromatic heterocycles. The van der Waals surface area contributed by atoms with Crippen LogP contribution in [0.15, 0.2) is 310 Å². The number of nitro benzene ring substituents is 1. The Bertz CT molecular complexity index is 6650. The van der Waals surface area contributed by atoms with Crippen molar-refractivity contribution in [3.63, 3.8) is 0 Å².